The van der Waals surface area contributed by atoms with Gasteiger partial charge in [0.15, 0.2) is 16.6 Å². The first kappa shape index (κ1) is 18.9. The van der Waals surface area contributed by atoms with Crippen molar-refractivity contribution in [1.29, 1.82) is 0 Å². The SMILES string of the molecule is CCOc1ccc(C=C2C(=O)NC(=S)N(c3ccc(Cl)cc3)C2=O)cc1O. The Morgan fingerprint density at radius 1 is 1.22 bits per heavy atom. The molecule has 2 aromatic carbocycles. The second-order valence-electron chi connectivity index (χ2n) is 5.59. The lowest BCUT2D eigenvalue weighted by molar-refractivity contribution is -0.122. The van der Waals surface area contributed by atoms with Gasteiger partial charge in [-0.25, -0.2) is 0 Å². The second-order valence-corrected chi connectivity index (χ2v) is 6.42. The van der Waals surface area contributed by atoms with Crippen molar-refractivity contribution in [2.45, 2.75) is 6.92 Å². The lowest BCUT2D eigenvalue weighted by Crippen LogP contribution is -2.54. The van der Waals surface area contributed by atoms with Gasteiger partial charge < -0.3 is 9.84 Å². The average Bonchev–Trinajstić information content (AvgIpc) is 2.62. The molecule has 0 radical (unpaired) electrons. The number of thiocarbonyl (C=S) groups is 1. The number of hydrogen-bond acceptors (Lipinski definition) is 5. The Labute approximate surface area is 166 Å². The summed E-state index contributed by atoms with van der Waals surface area (Å²) in [6.07, 6.45) is 1.39. The molecule has 0 spiro atoms. The van der Waals surface area contributed by atoms with Gasteiger partial charge in [-0.3, -0.25) is 19.8 Å². The molecular formula is C19H15ClN2O4S. The van der Waals surface area contributed by atoms with Crippen molar-refractivity contribution in [1.82, 2.24) is 5.32 Å². The van der Waals surface area contributed by atoms with Gasteiger partial charge in [0, 0.05) is 5.02 Å². The number of anilines is 1. The predicted octanol–water partition coefficient (Wildman–Crippen LogP) is 3.28. The zero-order chi connectivity index (χ0) is 19.6. The molecule has 0 saturated carbocycles. The molecule has 8 heteroatoms. The van der Waals surface area contributed by atoms with Gasteiger partial charge in [-0.05, 0) is 67.2 Å². The fraction of sp³-hybridized carbons (Fsp3) is 0.105. The van der Waals surface area contributed by atoms with Crippen molar-refractivity contribution in [3.63, 3.8) is 0 Å². The van der Waals surface area contributed by atoms with E-state index in [1.807, 2.05) is 0 Å². The summed E-state index contributed by atoms with van der Waals surface area (Å²) in [5.74, 6) is -0.939. The van der Waals surface area contributed by atoms with Crippen LogP contribution in [0.3, 0.4) is 0 Å². The molecule has 0 atom stereocenters. The van der Waals surface area contributed by atoms with Crippen LogP contribution in [0.2, 0.25) is 5.02 Å². The molecule has 1 heterocycles. The maximum Gasteiger partial charge on any atom is 0.270 e. The van der Waals surface area contributed by atoms with Gasteiger partial charge in [-0.15, -0.1) is 0 Å². The molecule has 1 aliphatic heterocycles. The minimum atomic E-state index is -0.608. The number of carbonyl (C=O) groups excluding carboxylic acids is 2. The number of ether oxygens (including phenoxy) is 1. The first-order valence-corrected chi connectivity index (χ1v) is 8.82. The van der Waals surface area contributed by atoms with Crippen LogP contribution in [-0.4, -0.2) is 28.6 Å². The Morgan fingerprint density at radius 2 is 1.93 bits per heavy atom. The van der Waals surface area contributed by atoms with Gasteiger partial charge in [0.2, 0.25) is 0 Å². The molecule has 0 aromatic heterocycles. The van der Waals surface area contributed by atoms with E-state index >= 15 is 0 Å². The summed E-state index contributed by atoms with van der Waals surface area (Å²) in [7, 11) is 0. The van der Waals surface area contributed by atoms with Crippen molar-refractivity contribution in [2.24, 2.45) is 0 Å². The van der Waals surface area contributed by atoms with Crippen LogP contribution in [-0.2, 0) is 9.59 Å². The predicted molar refractivity (Wildman–Crippen MR) is 107 cm³/mol. The quantitative estimate of drug-likeness (QED) is 0.466. The highest BCUT2D eigenvalue weighted by Gasteiger charge is 2.34. The van der Waals surface area contributed by atoms with E-state index in [2.05, 4.69) is 5.32 Å². The minimum absolute atomic E-state index is 0.0148. The van der Waals surface area contributed by atoms with Crippen LogP contribution in [0.15, 0.2) is 48.0 Å². The van der Waals surface area contributed by atoms with E-state index in [0.717, 1.165) is 0 Å². The summed E-state index contributed by atoms with van der Waals surface area (Å²) in [4.78, 5) is 26.4. The lowest BCUT2D eigenvalue weighted by atomic mass is 10.1. The van der Waals surface area contributed by atoms with Crippen molar-refractivity contribution >= 4 is 52.5 Å². The number of nitrogens with one attached hydrogen (secondary N) is 1. The third kappa shape index (κ3) is 3.94. The molecule has 2 aromatic rings. The number of amides is 2. The number of hydrogen-bond donors (Lipinski definition) is 2. The molecule has 6 nitrogen and oxygen atoms in total. The summed E-state index contributed by atoms with van der Waals surface area (Å²) >= 11 is 11.0. The first-order valence-electron chi connectivity index (χ1n) is 8.03. The second kappa shape index (κ2) is 7.77. The van der Waals surface area contributed by atoms with Gasteiger partial charge in [-0.2, -0.15) is 0 Å². The molecule has 27 heavy (non-hydrogen) atoms. The van der Waals surface area contributed by atoms with Gasteiger partial charge in [0.1, 0.15) is 5.57 Å². The maximum atomic E-state index is 12.9. The van der Waals surface area contributed by atoms with E-state index in [9.17, 15) is 14.7 Å². The average molecular weight is 403 g/mol. The zero-order valence-corrected chi connectivity index (χ0v) is 15.8. The highest BCUT2D eigenvalue weighted by atomic mass is 35.5. The highest BCUT2D eigenvalue weighted by molar-refractivity contribution is 7.80. The Hall–Kier alpha value is -2.90. The molecule has 0 aliphatic carbocycles. The van der Waals surface area contributed by atoms with Crippen LogP contribution < -0.4 is 15.0 Å². The van der Waals surface area contributed by atoms with Crippen molar-refractivity contribution < 1.29 is 19.4 Å². The Balaban J connectivity index is 1.96. The number of phenolic OH excluding ortho intramolecular Hbond substituents is 1. The molecule has 1 saturated heterocycles. The number of benzene rings is 2. The van der Waals surface area contributed by atoms with E-state index in [4.69, 9.17) is 28.6 Å². The fourth-order valence-corrected chi connectivity index (χ4v) is 2.96. The van der Waals surface area contributed by atoms with Gasteiger partial charge in [0.25, 0.3) is 11.8 Å². The number of rotatable bonds is 4. The summed E-state index contributed by atoms with van der Waals surface area (Å²) in [5, 5.41) is 13.0. The minimum Gasteiger partial charge on any atom is -0.504 e. The normalized spacial score (nSPS) is 15.9. The molecular weight excluding hydrogens is 388 g/mol. The molecule has 1 aliphatic rings. The molecule has 2 amide bonds. The smallest absolute Gasteiger partial charge is 0.270 e. The first-order chi connectivity index (χ1) is 12.9. The van der Waals surface area contributed by atoms with Gasteiger partial charge >= 0.3 is 0 Å². The number of carbonyl (C=O) groups is 2. The third-order valence-corrected chi connectivity index (χ3v) is 4.32. The third-order valence-electron chi connectivity index (χ3n) is 3.78. The number of phenols is 1. The molecule has 0 bridgehead atoms. The van der Waals surface area contributed by atoms with Gasteiger partial charge in [-0.1, -0.05) is 17.7 Å². The summed E-state index contributed by atoms with van der Waals surface area (Å²) in [6, 6.07) is 11.1. The van der Waals surface area contributed by atoms with Crippen LogP contribution in [0.4, 0.5) is 5.69 Å². The number of aromatic hydroxyl groups is 1. The zero-order valence-electron chi connectivity index (χ0n) is 14.2. The summed E-state index contributed by atoms with van der Waals surface area (Å²) in [6.45, 7) is 2.21. The van der Waals surface area contributed by atoms with Gasteiger partial charge in [0.05, 0.1) is 12.3 Å². The van der Waals surface area contributed by atoms with Crippen LogP contribution in [0.25, 0.3) is 6.08 Å². The fourth-order valence-electron chi connectivity index (χ4n) is 2.55. The summed E-state index contributed by atoms with van der Waals surface area (Å²) < 4.78 is 5.27. The highest BCUT2D eigenvalue weighted by Crippen LogP contribution is 2.29. The molecule has 2 N–H and O–H groups in total. The maximum absolute atomic E-state index is 12.9. The Bertz CT molecular complexity index is 957. The van der Waals surface area contributed by atoms with Crippen LogP contribution in [0.5, 0.6) is 11.5 Å². The molecule has 138 valence electrons. The Morgan fingerprint density at radius 3 is 2.56 bits per heavy atom. The number of nitrogens with zero attached hydrogens (tertiary/aromatic N) is 1. The van der Waals surface area contributed by atoms with Crippen LogP contribution in [0, 0.1) is 0 Å². The molecule has 3 rings (SSSR count). The summed E-state index contributed by atoms with van der Waals surface area (Å²) in [5.41, 5.74) is 0.843. The van der Waals surface area contributed by atoms with E-state index in [-0.39, 0.29) is 16.4 Å². The van der Waals surface area contributed by atoms with Crippen LogP contribution in [0.1, 0.15) is 12.5 Å². The van der Waals surface area contributed by atoms with Crippen molar-refractivity contribution in [3.05, 3.63) is 58.6 Å². The van der Waals surface area contributed by atoms with Crippen molar-refractivity contribution in [3.8, 4) is 11.5 Å². The van der Waals surface area contributed by atoms with E-state index in [0.29, 0.717) is 28.6 Å². The number of halogens is 1. The van der Waals surface area contributed by atoms with E-state index < -0.39 is 11.8 Å². The van der Waals surface area contributed by atoms with E-state index in [1.165, 1.54) is 17.0 Å². The van der Waals surface area contributed by atoms with Crippen molar-refractivity contribution in [2.75, 3.05) is 11.5 Å². The Kier molecular flexibility index (Phi) is 5.43. The van der Waals surface area contributed by atoms with Crippen LogP contribution >= 0.6 is 23.8 Å². The van der Waals surface area contributed by atoms with E-state index in [1.54, 1.807) is 43.3 Å². The molecule has 1 fully saturated rings. The largest absolute Gasteiger partial charge is 0.504 e. The molecule has 0 unspecified atom stereocenters. The topological polar surface area (TPSA) is 78.9 Å². The monoisotopic (exact) mass is 402 g/mol. The standard InChI is InChI=1S/C19H15ClN2O4S/c1-2-26-16-8-3-11(10-15(16)23)9-14-17(24)21-19(27)22(18(14)25)13-6-4-12(20)5-7-13/h3-10,23H,2H2,1H3,(H,21,24,27). The lowest BCUT2D eigenvalue weighted by Gasteiger charge is -2.29.